The number of hydrogen-bond acceptors (Lipinski definition) is 5. The number of aromatic nitrogens is 2. The minimum Gasteiger partial charge on any atom is -0.390 e. The number of fused-ring (bicyclic) bond motifs is 2. The number of benzene rings is 1. The Kier molecular flexibility index (Phi) is 6.09. The van der Waals surface area contributed by atoms with Gasteiger partial charge in [0.1, 0.15) is 6.07 Å². The van der Waals surface area contributed by atoms with Gasteiger partial charge in [-0.1, -0.05) is 0 Å². The van der Waals surface area contributed by atoms with Crippen LogP contribution in [0.4, 0.5) is 32.0 Å². The van der Waals surface area contributed by atoms with Gasteiger partial charge in [-0.25, -0.2) is 0 Å². The fraction of sp³-hybridized carbons (Fsp3) is 0.500. The lowest BCUT2D eigenvalue weighted by Gasteiger charge is -2.30. The highest BCUT2D eigenvalue weighted by atomic mass is 19.4. The molecule has 2 bridgehead atoms. The zero-order chi connectivity index (χ0) is 25.9. The van der Waals surface area contributed by atoms with Crippen molar-refractivity contribution in [1.29, 1.82) is 5.26 Å². The van der Waals surface area contributed by atoms with E-state index in [2.05, 4.69) is 10.4 Å². The van der Waals surface area contributed by atoms with Crippen molar-refractivity contribution in [2.45, 2.75) is 62.9 Å². The fourth-order valence-corrected chi connectivity index (χ4v) is 4.69. The fourth-order valence-electron chi connectivity index (χ4n) is 4.69. The van der Waals surface area contributed by atoms with Crippen molar-refractivity contribution in [3.05, 3.63) is 46.8 Å². The molecule has 0 spiro atoms. The minimum absolute atomic E-state index is 0.0351. The molecule has 188 valence electrons. The van der Waals surface area contributed by atoms with Crippen LogP contribution in [0.15, 0.2) is 24.4 Å². The Balaban J connectivity index is 1.74. The number of carbonyl (C=O) groups excluding carboxylic acids is 1. The number of halogens is 6. The Morgan fingerprint density at radius 1 is 1.26 bits per heavy atom. The zero-order valence-corrected chi connectivity index (χ0v) is 18.4. The Bertz CT molecular complexity index is 1180. The van der Waals surface area contributed by atoms with Crippen molar-refractivity contribution in [2.75, 3.05) is 5.32 Å². The van der Waals surface area contributed by atoms with Crippen LogP contribution in [0.5, 0.6) is 0 Å². The summed E-state index contributed by atoms with van der Waals surface area (Å²) < 4.78 is 87.7. The highest BCUT2D eigenvalue weighted by molar-refractivity contribution is 5.95. The standard InChI is InChI=1S/C22H20F6N4O3/c1-9(2)32-8-12(19(31-32)22(26,27)28)16-17(15-6-14(33)18(16)35-15)20(34)30-13-5-11(21(23,24)25)4-3-10(13)7-29/h3-5,8-9,14-18,33H,6H2,1-2H3,(H,30,34). The molecule has 0 saturated carbocycles. The molecule has 5 atom stereocenters. The molecular weight excluding hydrogens is 482 g/mol. The molecule has 1 amide bonds. The lowest BCUT2D eigenvalue weighted by atomic mass is 9.73. The van der Waals surface area contributed by atoms with Gasteiger partial charge in [0.2, 0.25) is 5.91 Å². The number of aliphatic hydroxyl groups is 1. The van der Waals surface area contributed by atoms with Gasteiger partial charge >= 0.3 is 12.4 Å². The maximum absolute atomic E-state index is 13.8. The normalized spacial score (nSPS) is 26.3. The van der Waals surface area contributed by atoms with Crippen LogP contribution in [0.2, 0.25) is 0 Å². The molecule has 13 heteroatoms. The number of amides is 1. The lowest BCUT2D eigenvalue weighted by Crippen LogP contribution is -2.41. The minimum atomic E-state index is -4.86. The number of alkyl halides is 6. The molecule has 4 rings (SSSR count). The van der Waals surface area contributed by atoms with Crippen LogP contribution < -0.4 is 5.32 Å². The van der Waals surface area contributed by atoms with Gasteiger partial charge in [-0.05, 0) is 32.0 Å². The highest BCUT2D eigenvalue weighted by Gasteiger charge is 2.59. The molecule has 7 nitrogen and oxygen atoms in total. The summed E-state index contributed by atoms with van der Waals surface area (Å²) in [5.74, 6) is -3.45. The summed E-state index contributed by atoms with van der Waals surface area (Å²) >= 11 is 0. The summed E-state index contributed by atoms with van der Waals surface area (Å²) in [5.41, 5.74) is -3.37. The van der Waals surface area contributed by atoms with Crippen LogP contribution in [-0.2, 0) is 21.9 Å². The number of rotatable bonds is 4. The molecule has 2 fully saturated rings. The van der Waals surface area contributed by atoms with Crippen molar-refractivity contribution in [3.63, 3.8) is 0 Å². The second kappa shape index (κ2) is 8.53. The number of anilines is 1. The van der Waals surface area contributed by atoms with Gasteiger partial charge in [-0.15, -0.1) is 0 Å². The summed E-state index contributed by atoms with van der Waals surface area (Å²) in [6.45, 7) is 3.23. The molecular formula is C22H20F6N4O3. The van der Waals surface area contributed by atoms with Crippen molar-refractivity contribution in [3.8, 4) is 6.07 Å². The molecule has 3 heterocycles. The van der Waals surface area contributed by atoms with E-state index in [0.29, 0.717) is 12.1 Å². The predicted octanol–water partition coefficient (Wildman–Crippen LogP) is 4.24. The van der Waals surface area contributed by atoms with E-state index in [1.807, 2.05) is 0 Å². The average Bonchev–Trinajstić information content (AvgIpc) is 3.44. The Labute approximate surface area is 195 Å². The molecule has 2 aliphatic heterocycles. The first-order valence-electron chi connectivity index (χ1n) is 10.6. The van der Waals surface area contributed by atoms with Gasteiger partial charge in [0.15, 0.2) is 5.69 Å². The van der Waals surface area contributed by atoms with Crippen LogP contribution in [-0.4, -0.2) is 39.1 Å². The van der Waals surface area contributed by atoms with E-state index < -0.39 is 71.4 Å². The van der Waals surface area contributed by atoms with E-state index in [0.717, 1.165) is 16.9 Å². The van der Waals surface area contributed by atoms with Gasteiger partial charge in [-0.3, -0.25) is 9.48 Å². The van der Waals surface area contributed by atoms with E-state index in [1.54, 1.807) is 19.9 Å². The van der Waals surface area contributed by atoms with E-state index in [-0.39, 0.29) is 17.5 Å². The first-order chi connectivity index (χ1) is 16.2. The van der Waals surface area contributed by atoms with Gasteiger partial charge in [-0.2, -0.15) is 36.7 Å². The topological polar surface area (TPSA) is 100 Å². The molecule has 1 aromatic carbocycles. The second-order valence-corrected chi connectivity index (χ2v) is 8.86. The van der Waals surface area contributed by atoms with Crippen LogP contribution in [0, 0.1) is 17.2 Å². The van der Waals surface area contributed by atoms with Gasteiger partial charge in [0.25, 0.3) is 0 Å². The van der Waals surface area contributed by atoms with Crippen molar-refractivity contribution < 1.29 is 41.0 Å². The molecule has 2 aromatic rings. The summed E-state index contributed by atoms with van der Waals surface area (Å²) in [7, 11) is 0. The summed E-state index contributed by atoms with van der Waals surface area (Å²) in [6.07, 6.45) is -11.7. The largest absolute Gasteiger partial charge is 0.435 e. The number of nitriles is 1. The molecule has 1 aromatic heterocycles. The quantitative estimate of drug-likeness (QED) is 0.610. The van der Waals surface area contributed by atoms with Crippen molar-refractivity contribution in [2.24, 2.45) is 5.92 Å². The smallest absolute Gasteiger partial charge is 0.390 e. The van der Waals surface area contributed by atoms with Crippen LogP contribution >= 0.6 is 0 Å². The Morgan fingerprint density at radius 2 is 1.94 bits per heavy atom. The monoisotopic (exact) mass is 502 g/mol. The van der Waals surface area contributed by atoms with E-state index in [1.165, 1.54) is 0 Å². The SMILES string of the molecule is CC(C)n1cc(C2C3OC(CC3O)C2C(=O)Nc2cc(C(F)(F)F)ccc2C#N)c(C(F)(F)F)n1. The van der Waals surface area contributed by atoms with E-state index in [4.69, 9.17) is 4.74 Å². The van der Waals surface area contributed by atoms with Gasteiger partial charge in [0, 0.05) is 30.1 Å². The third-order valence-corrected chi connectivity index (χ3v) is 6.27. The predicted molar refractivity (Wildman–Crippen MR) is 108 cm³/mol. The Morgan fingerprint density at radius 3 is 2.51 bits per heavy atom. The van der Waals surface area contributed by atoms with E-state index in [9.17, 15) is 41.5 Å². The zero-order valence-electron chi connectivity index (χ0n) is 18.4. The maximum Gasteiger partial charge on any atom is 0.435 e. The third kappa shape index (κ3) is 4.48. The van der Waals surface area contributed by atoms with Crippen molar-refractivity contribution in [1.82, 2.24) is 9.78 Å². The number of ether oxygens (including phenoxy) is 1. The highest BCUT2D eigenvalue weighted by Crippen LogP contribution is 2.51. The first kappa shape index (κ1) is 25.0. The summed E-state index contributed by atoms with van der Waals surface area (Å²) in [4.78, 5) is 13.3. The number of nitrogens with one attached hydrogen (secondary N) is 1. The molecule has 0 radical (unpaired) electrons. The second-order valence-electron chi connectivity index (χ2n) is 8.86. The number of hydrogen-bond donors (Lipinski definition) is 2. The van der Waals surface area contributed by atoms with Crippen LogP contribution in [0.25, 0.3) is 0 Å². The number of aliphatic hydroxyl groups excluding tert-OH is 1. The van der Waals surface area contributed by atoms with E-state index >= 15 is 0 Å². The van der Waals surface area contributed by atoms with Crippen LogP contribution in [0.1, 0.15) is 54.6 Å². The molecule has 35 heavy (non-hydrogen) atoms. The van der Waals surface area contributed by atoms with Crippen molar-refractivity contribution >= 4 is 11.6 Å². The lowest BCUT2D eigenvalue weighted by molar-refractivity contribution is -0.143. The van der Waals surface area contributed by atoms with Gasteiger partial charge < -0.3 is 15.2 Å². The first-order valence-corrected chi connectivity index (χ1v) is 10.6. The maximum atomic E-state index is 13.8. The summed E-state index contributed by atoms with van der Waals surface area (Å²) in [5, 5.41) is 25.5. The molecule has 0 aliphatic carbocycles. The Hall–Kier alpha value is -3.11. The molecule has 2 aliphatic rings. The third-order valence-electron chi connectivity index (χ3n) is 6.27. The molecule has 2 saturated heterocycles. The number of nitrogens with zero attached hydrogens (tertiary/aromatic N) is 3. The summed E-state index contributed by atoms with van der Waals surface area (Å²) in [6, 6.07) is 3.41. The van der Waals surface area contributed by atoms with Gasteiger partial charge in [0.05, 0.1) is 41.0 Å². The average molecular weight is 502 g/mol. The molecule has 5 unspecified atom stereocenters. The van der Waals surface area contributed by atoms with Crippen LogP contribution in [0.3, 0.4) is 0 Å². The molecule has 2 N–H and O–H groups in total. The number of carbonyl (C=O) groups is 1.